The average Bonchev–Trinajstić information content (AvgIpc) is 2.82. The minimum Gasteiger partial charge on any atom is -0.127 e. The Bertz CT molecular complexity index is 180. The van der Waals surface area contributed by atoms with Crippen molar-refractivity contribution in [2.75, 3.05) is 5.88 Å². The second kappa shape index (κ2) is 9.10. The van der Waals surface area contributed by atoms with Crippen molar-refractivity contribution in [2.24, 2.45) is 11.8 Å². The maximum absolute atomic E-state index is 5.81. The molecule has 0 aromatic heterocycles. The van der Waals surface area contributed by atoms with Gasteiger partial charge in [0.1, 0.15) is 0 Å². The molecule has 0 amide bonds. The van der Waals surface area contributed by atoms with Gasteiger partial charge in [0.15, 0.2) is 0 Å². The quantitative estimate of drug-likeness (QED) is 0.297. The third-order valence-corrected chi connectivity index (χ3v) is 4.05. The lowest BCUT2D eigenvalue weighted by Crippen LogP contribution is -2.09. The fourth-order valence-electron chi connectivity index (χ4n) is 2.78. The highest BCUT2D eigenvalue weighted by Gasteiger charge is 2.22. The van der Waals surface area contributed by atoms with Crippen LogP contribution in [0, 0.1) is 11.8 Å². The lowest BCUT2D eigenvalue weighted by atomic mass is 9.87. The van der Waals surface area contributed by atoms with Gasteiger partial charge in [-0.05, 0) is 43.9 Å². The highest BCUT2D eigenvalue weighted by molar-refractivity contribution is 6.17. The number of unbranched alkanes of at least 4 members (excludes halogenated alkanes) is 2. The first-order chi connectivity index (χ1) is 7.88. The van der Waals surface area contributed by atoms with E-state index in [0.29, 0.717) is 0 Å². The molecule has 0 N–H and O–H groups in total. The maximum Gasteiger partial charge on any atom is 0.0223 e. The van der Waals surface area contributed by atoms with Crippen LogP contribution in [0.5, 0.6) is 0 Å². The van der Waals surface area contributed by atoms with E-state index in [1.54, 1.807) is 0 Å². The minimum absolute atomic E-state index is 0.818. The Hall–Kier alpha value is 0.0300. The van der Waals surface area contributed by atoms with Crippen molar-refractivity contribution in [1.82, 2.24) is 0 Å². The van der Waals surface area contributed by atoms with Gasteiger partial charge in [0.25, 0.3) is 0 Å². The van der Waals surface area contributed by atoms with Gasteiger partial charge < -0.3 is 0 Å². The molecule has 0 saturated heterocycles. The van der Waals surface area contributed by atoms with Gasteiger partial charge in [0, 0.05) is 5.88 Å². The first-order valence-corrected chi connectivity index (χ1v) is 7.64. The van der Waals surface area contributed by atoms with Crippen LogP contribution in [0.25, 0.3) is 0 Å². The largest absolute Gasteiger partial charge is 0.127 e. The molecule has 94 valence electrons. The van der Waals surface area contributed by atoms with E-state index in [-0.39, 0.29) is 0 Å². The average molecular weight is 243 g/mol. The van der Waals surface area contributed by atoms with Crippen LogP contribution in [0.4, 0.5) is 0 Å². The lowest BCUT2D eigenvalue weighted by Gasteiger charge is -2.19. The van der Waals surface area contributed by atoms with Crippen LogP contribution in [-0.2, 0) is 0 Å². The van der Waals surface area contributed by atoms with Crippen molar-refractivity contribution < 1.29 is 0 Å². The lowest BCUT2D eigenvalue weighted by molar-refractivity contribution is 0.380. The molecule has 1 unspecified atom stereocenters. The predicted octanol–water partition coefficient (Wildman–Crippen LogP) is 5.56. The summed E-state index contributed by atoms with van der Waals surface area (Å²) < 4.78 is 0. The fraction of sp³-hybridized carbons (Fsp3) is 0.867. The molecule has 0 heterocycles. The fourth-order valence-corrected chi connectivity index (χ4v) is 2.93. The van der Waals surface area contributed by atoms with Gasteiger partial charge in [0.2, 0.25) is 0 Å². The highest BCUT2D eigenvalue weighted by Crippen LogP contribution is 2.34. The third kappa shape index (κ3) is 5.39. The van der Waals surface area contributed by atoms with E-state index in [1.807, 2.05) is 0 Å². The molecule has 1 atom stereocenters. The van der Waals surface area contributed by atoms with E-state index in [2.05, 4.69) is 19.1 Å². The zero-order valence-electron chi connectivity index (χ0n) is 10.8. The van der Waals surface area contributed by atoms with E-state index < -0.39 is 0 Å². The maximum atomic E-state index is 5.81. The summed E-state index contributed by atoms with van der Waals surface area (Å²) in [6.07, 6.45) is 17.1. The third-order valence-electron chi connectivity index (χ3n) is 3.78. The Labute approximate surface area is 106 Å². The zero-order chi connectivity index (χ0) is 11.6. The molecule has 0 radical (unpaired) electrons. The summed E-state index contributed by atoms with van der Waals surface area (Å²) >= 11 is 5.81. The highest BCUT2D eigenvalue weighted by atomic mass is 35.5. The monoisotopic (exact) mass is 242 g/mol. The number of hydrogen-bond acceptors (Lipinski definition) is 0. The Morgan fingerprint density at radius 2 is 2.00 bits per heavy atom. The molecule has 0 nitrogen and oxygen atoms in total. The van der Waals surface area contributed by atoms with E-state index in [9.17, 15) is 0 Å². The zero-order valence-corrected chi connectivity index (χ0v) is 11.5. The number of alkyl halides is 1. The topological polar surface area (TPSA) is 0 Å². The molecule has 1 heteroatoms. The summed E-state index contributed by atoms with van der Waals surface area (Å²) in [5.41, 5.74) is 0. The van der Waals surface area contributed by atoms with Gasteiger partial charge in [-0.3, -0.25) is 0 Å². The van der Waals surface area contributed by atoms with Crippen LogP contribution in [0.3, 0.4) is 0 Å². The van der Waals surface area contributed by atoms with Crippen molar-refractivity contribution in [3.8, 4) is 0 Å². The minimum atomic E-state index is 0.818. The molecule has 0 aliphatic heterocycles. The number of allylic oxidation sites excluding steroid dienone is 2. The molecule has 0 bridgehead atoms. The van der Waals surface area contributed by atoms with Crippen LogP contribution in [0.15, 0.2) is 12.2 Å². The van der Waals surface area contributed by atoms with Crippen LogP contribution < -0.4 is 0 Å². The molecule has 1 fully saturated rings. The van der Waals surface area contributed by atoms with E-state index in [1.165, 1.54) is 57.8 Å². The summed E-state index contributed by atoms with van der Waals surface area (Å²) in [5.74, 6) is 2.60. The molecule has 0 aromatic carbocycles. The van der Waals surface area contributed by atoms with Crippen molar-refractivity contribution in [3.63, 3.8) is 0 Å². The summed E-state index contributed by atoms with van der Waals surface area (Å²) in [7, 11) is 0. The Kier molecular flexibility index (Phi) is 8.02. The predicted molar refractivity (Wildman–Crippen MR) is 74.1 cm³/mol. The van der Waals surface area contributed by atoms with Crippen LogP contribution in [-0.4, -0.2) is 5.88 Å². The standard InChI is InChI=1S/C15H27Cl/c1-2-3-4-5-9-15(12-8-13-16)14-10-6-7-11-14/h5,9,14-15H,2-4,6-8,10-13H2,1H3/b9-5+. The van der Waals surface area contributed by atoms with Crippen molar-refractivity contribution in [1.29, 1.82) is 0 Å². The first-order valence-electron chi connectivity index (χ1n) is 7.11. The second-order valence-corrected chi connectivity index (χ2v) is 5.49. The molecular weight excluding hydrogens is 216 g/mol. The van der Waals surface area contributed by atoms with Gasteiger partial charge >= 0.3 is 0 Å². The van der Waals surface area contributed by atoms with Gasteiger partial charge in [-0.2, -0.15) is 0 Å². The molecule has 1 rings (SSSR count). The molecule has 16 heavy (non-hydrogen) atoms. The molecule has 1 saturated carbocycles. The number of halogens is 1. The number of rotatable bonds is 8. The molecule has 1 aliphatic carbocycles. The van der Waals surface area contributed by atoms with Crippen molar-refractivity contribution >= 4 is 11.6 Å². The van der Waals surface area contributed by atoms with Crippen molar-refractivity contribution in [2.45, 2.75) is 64.7 Å². The SMILES string of the molecule is CCCC/C=C/C(CCCCl)C1CCCC1. The van der Waals surface area contributed by atoms with Gasteiger partial charge in [-0.25, -0.2) is 0 Å². The summed E-state index contributed by atoms with van der Waals surface area (Å²) in [6.45, 7) is 2.26. The van der Waals surface area contributed by atoms with Crippen molar-refractivity contribution in [3.05, 3.63) is 12.2 Å². The second-order valence-electron chi connectivity index (χ2n) is 5.11. The normalized spacial score (nSPS) is 19.6. The van der Waals surface area contributed by atoms with Crippen LogP contribution in [0.2, 0.25) is 0 Å². The smallest absolute Gasteiger partial charge is 0.0223 e. The summed E-state index contributed by atoms with van der Waals surface area (Å²) in [6, 6.07) is 0. The van der Waals surface area contributed by atoms with Crippen LogP contribution in [0.1, 0.15) is 64.7 Å². The van der Waals surface area contributed by atoms with Gasteiger partial charge in [-0.1, -0.05) is 44.8 Å². The van der Waals surface area contributed by atoms with Gasteiger partial charge in [0.05, 0.1) is 0 Å². The Morgan fingerprint density at radius 3 is 2.62 bits per heavy atom. The van der Waals surface area contributed by atoms with Crippen LogP contribution >= 0.6 is 11.6 Å². The molecule has 0 aromatic rings. The van der Waals surface area contributed by atoms with Gasteiger partial charge in [-0.15, -0.1) is 11.6 Å². The Morgan fingerprint density at radius 1 is 1.25 bits per heavy atom. The molecular formula is C15H27Cl. The first kappa shape index (κ1) is 14.1. The molecule has 0 spiro atoms. The molecule has 1 aliphatic rings. The summed E-state index contributed by atoms with van der Waals surface area (Å²) in [5, 5.41) is 0. The van der Waals surface area contributed by atoms with E-state index in [4.69, 9.17) is 11.6 Å². The number of hydrogen-bond donors (Lipinski definition) is 0. The Balaban J connectivity index is 2.33. The van der Waals surface area contributed by atoms with E-state index >= 15 is 0 Å². The van der Waals surface area contributed by atoms with E-state index in [0.717, 1.165) is 17.7 Å². The summed E-state index contributed by atoms with van der Waals surface area (Å²) in [4.78, 5) is 0.